The molecule has 4 heteroatoms. The zero-order valence-corrected chi connectivity index (χ0v) is 12.5. The van der Waals surface area contributed by atoms with Crippen molar-refractivity contribution in [1.82, 2.24) is 4.90 Å². The van der Waals surface area contributed by atoms with Gasteiger partial charge in [-0.25, -0.2) is 0 Å². The Balaban J connectivity index is 2.73. The second-order valence-corrected chi connectivity index (χ2v) is 4.20. The average Bonchev–Trinajstić information content (AvgIpc) is 2.50. The van der Waals surface area contributed by atoms with E-state index in [0.29, 0.717) is 6.61 Å². The molecule has 0 spiro atoms. The van der Waals surface area contributed by atoms with Gasteiger partial charge in [0.05, 0.1) is 12.7 Å². The molecular weight excluding hydrogens is 254 g/mol. The predicted octanol–water partition coefficient (Wildman–Crippen LogP) is 1.76. The highest BCUT2D eigenvalue weighted by Crippen LogP contribution is 2.23. The van der Waals surface area contributed by atoms with Gasteiger partial charge in [0.15, 0.2) is 0 Å². The maximum absolute atomic E-state index is 8.81. The molecule has 0 aliphatic carbocycles. The van der Waals surface area contributed by atoms with E-state index in [1.54, 1.807) is 7.11 Å². The third-order valence-electron chi connectivity index (χ3n) is 3.05. The van der Waals surface area contributed by atoms with Crippen molar-refractivity contribution in [2.75, 3.05) is 40.0 Å². The Morgan fingerprint density at radius 3 is 2.60 bits per heavy atom. The summed E-state index contributed by atoms with van der Waals surface area (Å²) in [7, 11) is 1.61. The number of rotatable bonds is 7. The molecule has 0 unspecified atom stereocenters. The number of benzene rings is 1. The molecule has 0 heterocycles. The van der Waals surface area contributed by atoms with Crippen LogP contribution in [-0.2, 0) is 0 Å². The molecule has 0 saturated carbocycles. The van der Waals surface area contributed by atoms with Crippen molar-refractivity contribution in [3.05, 3.63) is 23.8 Å². The summed E-state index contributed by atoms with van der Waals surface area (Å²) in [6, 6.07) is 5.51. The van der Waals surface area contributed by atoms with Crippen LogP contribution in [0.5, 0.6) is 11.5 Å². The Hall–Kier alpha value is -1.70. The van der Waals surface area contributed by atoms with Crippen molar-refractivity contribution in [3.63, 3.8) is 0 Å². The lowest BCUT2D eigenvalue weighted by Crippen LogP contribution is -2.28. The summed E-state index contributed by atoms with van der Waals surface area (Å²) in [5.41, 5.74) is 0.734. The van der Waals surface area contributed by atoms with Crippen LogP contribution < -0.4 is 9.47 Å². The largest absolute Gasteiger partial charge is 0.497 e. The fourth-order valence-corrected chi connectivity index (χ4v) is 1.82. The minimum atomic E-state index is -0.171. The SMILES string of the molecule is CCN(CC)CCOc1ccc(OC)cc1C#CCO. The van der Waals surface area contributed by atoms with Gasteiger partial charge in [0.25, 0.3) is 0 Å². The van der Waals surface area contributed by atoms with Crippen LogP contribution in [0.3, 0.4) is 0 Å². The highest BCUT2D eigenvalue weighted by Gasteiger charge is 2.05. The van der Waals surface area contributed by atoms with Crippen LogP contribution in [0.15, 0.2) is 18.2 Å². The van der Waals surface area contributed by atoms with Gasteiger partial charge in [0, 0.05) is 6.54 Å². The molecule has 0 bridgehead atoms. The van der Waals surface area contributed by atoms with E-state index in [2.05, 4.69) is 30.6 Å². The number of likely N-dealkylation sites (N-methyl/N-ethyl adjacent to an activating group) is 1. The first-order chi connectivity index (χ1) is 9.74. The summed E-state index contributed by atoms with van der Waals surface area (Å²) in [5, 5.41) is 8.81. The highest BCUT2D eigenvalue weighted by atomic mass is 16.5. The topological polar surface area (TPSA) is 41.9 Å². The molecule has 0 aliphatic rings. The number of aliphatic hydroxyl groups is 1. The second-order valence-electron chi connectivity index (χ2n) is 4.20. The molecule has 1 N–H and O–H groups in total. The molecule has 0 aliphatic heterocycles. The molecule has 1 rings (SSSR count). The van der Waals surface area contributed by atoms with Crippen LogP contribution in [0.1, 0.15) is 19.4 Å². The Labute approximate surface area is 121 Å². The third-order valence-corrected chi connectivity index (χ3v) is 3.05. The van der Waals surface area contributed by atoms with Gasteiger partial charge in [0.1, 0.15) is 24.7 Å². The molecule has 0 radical (unpaired) electrons. The first-order valence-electron chi connectivity index (χ1n) is 6.88. The summed E-state index contributed by atoms with van der Waals surface area (Å²) in [4.78, 5) is 2.29. The summed E-state index contributed by atoms with van der Waals surface area (Å²) >= 11 is 0. The van der Waals surface area contributed by atoms with Crippen molar-refractivity contribution >= 4 is 0 Å². The minimum absolute atomic E-state index is 0.171. The van der Waals surface area contributed by atoms with Gasteiger partial charge in [-0.3, -0.25) is 0 Å². The normalized spacial score (nSPS) is 10.1. The van der Waals surface area contributed by atoms with Crippen LogP contribution in [0.4, 0.5) is 0 Å². The molecule has 1 aromatic rings. The molecular formula is C16H23NO3. The highest BCUT2D eigenvalue weighted by molar-refractivity contribution is 5.50. The number of nitrogens with zero attached hydrogens (tertiary/aromatic N) is 1. The van der Waals surface area contributed by atoms with E-state index < -0.39 is 0 Å². The number of aliphatic hydroxyl groups excluding tert-OH is 1. The molecule has 110 valence electrons. The van der Waals surface area contributed by atoms with E-state index in [1.165, 1.54) is 0 Å². The van der Waals surface area contributed by atoms with Crippen LogP contribution >= 0.6 is 0 Å². The van der Waals surface area contributed by atoms with Crippen LogP contribution in [-0.4, -0.2) is 50.0 Å². The molecule has 4 nitrogen and oxygen atoms in total. The fourth-order valence-electron chi connectivity index (χ4n) is 1.82. The zero-order valence-electron chi connectivity index (χ0n) is 12.5. The molecule has 20 heavy (non-hydrogen) atoms. The third kappa shape index (κ3) is 5.12. The van der Waals surface area contributed by atoms with Crippen molar-refractivity contribution in [2.45, 2.75) is 13.8 Å². The van der Waals surface area contributed by atoms with Gasteiger partial charge < -0.3 is 19.5 Å². The summed E-state index contributed by atoms with van der Waals surface area (Å²) < 4.78 is 11.0. The average molecular weight is 277 g/mol. The van der Waals surface area contributed by atoms with Crippen LogP contribution in [0, 0.1) is 11.8 Å². The Bertz CT molecular complexity index is 459. The Morgan fingerprint density at radius 1 is 1.25 bits per heavy atom. The van der Waals surface area contributed by atoms with Crippen molar-refractivity contribution in [3.8, 4) is 23.3 Å². The second kappa shape index (κ2) is 9.24. The molecule has 1 aromatic carbocycles. The lowest BCUT2D eigenvalue weighted by molar-refractivity contribution is 0.222. The number of hydrogen-bond donors (Lipinski definition) is 1. The van der Waals surface area contributed by atoms with Gasteiger partial charge in [-0.15, -0.1) is 0 Å². The maximum Gasteiger partial charge on any atom is 0.135 e. The lowest BCUT2D eigenvalue weighted by Gasteiger charge is -2.18. The van der Waals surface area contributed by atoms with Crippen molar-refractivity contribution in [2.24, 2.45) is 0 Å². The molecule has 0 amide bonds. The summed E-state index contributed by atoms with van der Waals surface area (Å²) in [6.07, 6.45) is 0. The number of ether oxygens (including phenoxy) is 2. The first-order valence-corrected chi connectivity index (χ1v) is 6.88. The van der Waals surface area contributed by atoms with Crippen molar-refractivity contribution < 1.29 is 14.6 Å². The van der Waals surface area contributed by atoms with Crippen LogP contribution in [0.2, 0.25) is 0 Å². The van der Waals surface area contributed by atoms with Gasteiger partial charge in [0.2, 0.25) is 0 Å². The van der Waals surface area contributed by atoms with Crippen LogP contribution in [0.25, 0.3) is 0 Å². The van der Waals surface area contributed by atoms with E-state index >= 15 is 0 Å². The summed E-state index contributed by atoms with van der Waals surface area (Å²) in [6.45, 7) is 7.62. The Kier molecular flexibility index (Phi) is 7.56. The lowest BCUT2D eigenvalue weighted by atomic mass is 10.2. The quantitative estimate of drug-likeness (QED) is 0.771. The molecule has 0 fully saturated rings. The maximum atomic E-state index is 8.81. The monoisotopic (exact) mass is 277 g/mol. The summed E-state index contributed by atoms with van der Waals surface area (Å²) in [5.74, 6) is 6.97. The van der Waals surface area contributed by atoms with E-state index in [0.717, 1.165) is 36.7 Å². The number of methoxy groups -OCH3 is 1. The van der Waals surface area contributed by atoms with E-state index in [1.807, 2.05) is 18.2 Å². The van der Waals surface area contributed by atoms with E-state index in [4.69, 9.17) is 14.6 Å². The van der Waals surface area contributed by atoms with Gasteiger partial charge in [-0.2, -0.15) is 0 Å². The fraction of sp³-hybridized carbons (Fsp3) is 0.500. The smallest absolute Gasteiger partial charge is 0.135 e. The van der Waals surface area contributed by atoms with Crippen molar-refractivity contribution in [1.29, 1.82) is 0 Å². The zero-order chi connectivity index (χ0) is 14.8. The minimum Gasteiger partial charge on any atom is -0.497 e. The van der Waals surface area contributed by atoms with E-state index in [9.17, 15) is 0 Å². The number of hydrogen-bond acceptors (Lipinski definition) is 4. The molecule has 0 atom stereocenters. The van der Waals surface area contributed by atoms with Gasteiger partial charge >= 0.3 is 0 Å². The molecule has 0 saturated heterocycles. The standard InChI is InChI=1S/C16H23NO3/c1-4-17(5-2)10-12-20-16-9-8-15(19-3)13-14(16)7-6-11-18/h8-9,13,18H,4-5,10-12H2,1-3H3. The molecule has 0 aromatic heterocycles. The van der Waals surface area contributed by atoms with Gasteiger partial charge in [-0.05, 0) is 31.3 Å². The predicted molar refractivity (Wildman–Crippen MR) is 80.2 cm³/mol. The van der Waals surface area contributed by atoms with Gasteiger partial charge in [-0.1, -0.05) is 25.7 Å². The first kappa shape index (κ1) is 16.4. The Morgan fingerprint density at radius 2 is 2.00 bits per heavy atom. The van der Waals surface area contributed by atoms with E-state index in [-0.39, 0.29) is 6.61 Å².